The average Bonchev–Trinajstić information content (AvgIpc) is 2.77. The van der Waals surface area contributed by atoms with Crippen molar-refractivity contribution in [2.75, 3.05) is 12.4 Å². The Morgan fingerprint density at radius 1 is 1.07 bits per heavy atom. The van der Waals surface area contributed by atoms with Gasteiger partial charge in [0.05, 0.1) is 18.2 Å². The summed E-state index contributed by atoms with van der Waals surface area (Å²) in [6, 6.07) is 17.5. The van der Waals surface area contributed by atoms with Gasteiger partial charge in [0.25, 0.3) is 5.91 Å². The molecule has 1 heterocycles. The highest BCUT2D eigenvalue weighted by atomic mass is 16.5. The number of amides is 1. The van der Waals surface area contributed by atoms with Crippen LogP contribution >= 0.6 is 0 Å². The van der Waals surface area contributed by atoms with Crippen LogP contribution in [0.25, 0.3) is 10.9 Å². The molecule has 4 rings (SSSR count). The number of nitrogens with zero attached hydrogens (tertiary/aromatic N) is 1. The zero-order valence-corrected chi connectivity index (χ0v) is 17.8. The number of methoxy groups -OCH3 is 1. The normalized spacial score (nSPS) is 21.2. The SMILES string of the molecule is COc1ccc(Nc2cc(C(=O)N[C@@H]3CCC[C@H](C)[C@@H]3C)c3ccccc3n2)cc1. The second kappa shape index (κ2) is 8.74. The monoisotopic (exact) mass is 403 g/mol. The van der Waals surface area contributed by atoms with Crippen molar-refractivity contribution < 1.29 is 9.53 Å². The highest BCUT2D eigenvalue weighted by molar-refractivity contribution is 6.07. The second-order valence-corrected chi connectivity index (χ2v) is 8.27. The molecule has 0 saturated heterocycles. The molecule has 2 aromatic carbocycles. The average molecular weight is 404 g/mol. The lowest BCUT2D eigenvalue weighted by Gasteiger charge is -2.34. The van der Waals surface area contributed by atoms with Crippen LogP contribution in [0.1, 0.15) is 43.5 Å². The summed E-state index contributed by atoms with van der Waals surface area (Å²) in [7, 11) is 1.64. The summed E-state index contributed by atoms with van der Waals surface area (Å²) >= 11 is 0. The highest BCUT2D eigenvalue weighted by Gasteiger charge is 2.28. The first-order chi connectivity index (χ1) is 14.5. The van der Waals surface area contributed by atoms with E-state index in [4.69, 9.17) is 9.72 Å². The van der Waals surface area contributed by atoms with Crippen LogP contribution in [0.4, 0.5) is 11.5 Å². The van der Waals surface area contributed by atoms with Crippen LogP contribution in [0, 0.1) is 11.8 Å². The number of para-hydroxylation sites is 1. The van der Waals surface area contributed by atoms with E-state index in [-0.39, 0.29) is 11.9 Å². The van der Waals surface area contributed by atoms with Crippen molar-refractivity contribution in [1.29, 1.82) is 0 Å². The third-order valence-corrected chi connectivity index (χ3v) is 6.35. The van der Waals surface area contributed by atoms with Gasteiger partial charge in [-0.3, -0.25) is 4.79 Å². The maximum absolute atomic E-state index is 13.3. The molecule has 0 spiro atoms. The molecule has 3 aromatic rings. The Hall–Kier alpha value is -3.08. The van der Waals surface area contributed by atoms with Crippen LogP contribution in [0.2, 0.25) is 0 Å². The van der Waals surface area contributed by atoms with Crippen LogP contribution in [-0.2, 0) is 0 Å². The van der Waals surface area contributed by atoms with E-state index in [0.717, 1.165) is 35.2 Å². The van der Waals surface area contributed by atoms with Gasteiger partial charge in [0.1, 0.15) is 11.6 Å². The minimum Gasteiger partial charge on any atom is -0.497 e. The number of fused-ring (bicyclic) bond motifs is 1. The maximum Gasteiger partial charge on any atom is 0.252 e. The zero-order chi connectivity index (χ0) is 21.1. The van der Waals surface area contributed by atoms with Crippen LogP contribution in [0.15, 0.2) is 54.6 Å². The smallest absolute Gasteiger partial charge is 0.252 e. The van der Waals surface area contributed by atoms with Gasteiger partial charge in [-0.1, -0.05) is 44.9 Å². The molecule has 156 valence electrons. The fourth-order valence-corrected chi connectivity index (χ4v) is 4.28. The Kier molecular flexibility index (Phi) is 5.88. The Morgan fingerprint density at radius 2 is 1.83 bits per heavy atom. The molecule has 1 aliphatic carbocycles. The number of aromatic nitrogens is 1. The molecule has 0 aliphatic heterocycles. The van der Waals surface area contributed by atoms with Crippen molar-refractivity contribution in [2.45, 2.75) is 39.2 Å². The lowest BCUT2D eigenvalue weighted by molar-refractivity contribution is 0.0892. The molecule has 0 radical (unpaired) electrons. The molecule has 1 fully saturated rings. The van der Waals surface area contributed by atoms with Gasteiger partial charge in [-0.2, -0.15) is 0 Å². The fourth-order valence-electron chi connectivity index (χ4n) is 4.28. The zero-order valence-electron chi connectivity index (χ0n) is 17.8. The third kappa shape index (κ3) is 4.25. The molecular formula is C25H29N3O2. The van der Waals surface area contributed by atoms with Crippen molar-refractivity contribution in [3.63, 3.8) is 0 Å². The Labute approximate surface area is 177 Å². The number of ether oxygens (including phenoxy) is 1. The molecule has 1 amide bonds. The summed E-state index contributed by atoms with van der Waals surface area (Å²) in [5, 5.41) is 7.49. The predicted molar refractivity (Wildman–Crippen MR) is 121 cm³/mol. The summed E-state index contributed by atoms with van der Waals surface area (Å²) in [5.41, 5.74) is 2.34. The van der Waals surface area contributed by atoms with Crippen molar-refractivity contribution in [1.82, 2.24) is 10.3 Å². The molecule has 3 atom stereocenters. The first-order valence-electron chi connectivity index (χ1n) is 10.7. The molecule has 1 aromatic heterocycles. The number of nitrogens with one attached hydrogen (secondary N) is 2. The molecule has 1 saturated carbocycles. The molecule has 2 N–H and O–H groups in total. The third-order valence-electron chi connectivity index (χ3n) is 6.35. The van der Waals surface area contributed by atoms with E-state index in [2.05, 4.69) is 24.5 Å². The summed E-state index contributed by atoms with van der Waals surface area (Å²) in [4.78, 5) is 18.0. The quantitative estimate of drug-likeness (QED) is 0.587. The Balaban J connectivity index is 1.63. The largest absolute Gasteiger partial charge is 0.497 e. The number of carbonyl (C=O) groups is 1. The van der Waals surface area contributed by atoms with Crippen LogP contribution < -0.4 is 15.4 Å². The van der Waals surface area contributed by atoms with Gasteiger partial charge < -0.3 is 15.4 Å². The number of rotatable bonds is 5. The summed E-state index contributed by atoms with van der Waals surface area (Å²) in [6.45, 7) is 4.53. The predicted octanol–water partition coefficient (Wildman–Crippen LogP) is 5.54. The summed E-state index contributed by atoms with van der Waals surface area (Å²) < 4.78 is 5.22. The van der Waals surface area contributed by atoms with E-state index in [1.807, 2.05) is 54.6 Å². The van der Waals surface area contributed by atoms with Gasteiger partial charge >= 0.3 is 0 Å². The lowest BCUT2D eigenvalue weighted by atomic mass is 9.78. The first kappa shape index (κ1) is 20.2. The van der Waals surface area contributed by atoms with Gasteiger partial charge in [0.15, 0.2) is 0 Å². The van der Waals surface area contributed by atoms with E-state index < -0.39 is 0 Å². The van der Waals surface area contributed by atoms with Crippen molar-refractivity contribution in [3.05, 3.63) is 60.2 Å². The van der Waals surface area contributed by atoms with Crippen molar-refractivity contribution >= 4 is 28.3 Å². The number of benzene rings is 2. The number of carbonyl (C=O) groups excluding carboxylic acids is 1. The number of hydrogen-bond acceptors (Lipinski definition) is 4. The van der Waals surface area contributed by atoms with E-state index in [0.29, 0.717) is 23.2 Å². The molecule has 0 bridgehead atoms. The topological polar surface area (TPSA) is 63.2 Å². The Bertz CT molecular complexity index is 1030. The maximum atomic E-state index is 13.3. The lowest BCUT2D eigenvalue weighted by Crippen LogP contribution is -2.43. The molecule has 0 unspecified atom stereocenters. The van der Waals surface area contributed by atoms with Crippen LogP contribution in [0.5, 0.6) is 5.75 Å². The van der Waals surface area contributed by atoms with Gasteiger partial charge in [0.2, 0.25) is 0 Å². The van der Waals surface area contributed by atoms with E-state index in [1.165, 1.54) is 6.42 Å². The highest BCUT2D eigenvalue weighted by Crippen LogP contribution is 2.30. The number of anilines is 2. The van der Waals surface area contributed by atoms with Crippen LogP contribution in [0.3, 0.4) is 0 Å². The minimum absolute atomic E-state index is 0.0302. The summed E-state index contributed by atoms with van der Waals surface area (Å²) in [5.74, 6) is 2.52. The van der Waals surface area contributed by atoms with E-state index in [1.54, 1.807) is 7.11 Å². The molecule has 5 nitrogen and oxygen atoms in total. The Morgan fingerprint density at radius 3 is 2.60 bits per heavy atom. The van der Waals surface area contributed by atoms with Gasteiger partial charge in [-0.05, 0) is 54.7 Å². The standard InChI is InChI=1S/C25H29N3O2/c1-16-7-6-10-22(17(16)2)28-25(29)21-15-24(27-23-9-5-4-8-20(21)23)26-18-11-13-19(30-3)14-12-18/h4-5,8-9,11-17,22H,6-7,10H2,1-3H3,(H,26,27)(H,28,29)/t16-,17-,22+/m0/s1. The van der Waals surface area contributed by atoms with E-state index >= 15 is 0 Å². The van der Waals surface area contributed by atoms with Gasteiger partial charge in [0, 0.05) is 17.1 Å². The van der Waals surface area contributed by atoms with Crippen molar-refractivity contribution in [3.8, 4) is 5.75 Å². The van der Waals surface area contributed by atoms with Crippen LogP contribution in [-0.4, -0.2) is 24.0 Å². The molecular weight excluding hydrogens is 374 g/mol. The van der Waals surface area contributed by atoms with Crippen molar-refractivity contribution in [2.24, 2.45) is 11.8 Å². The summed E-state index contributed by atoms with van der Waals surface area (Å²) in [6.07, 6.45) is 3.44. The fraction of sp³-hybridized carbons (Fsp3) is 0.360. The van der Waals surface area contributed by atoms with E-state index in [9.17, 15) is 4.79 Å². The number of pyridine rings is 1. The molecule has 1 aliphatic rings. The van der Waals surface area contributed by atoms with Gasteiger partial charge in [-0.15, -0.1) is 0 Å². The number of hydrogen-bond donors (Lipinski definition) is 2. The molecule has 30 heavy (non-hydrogen) atoms. The first-order valence-corrected chi connectivity index (χ1v) is 10.7. The minimum atomic E-state index is -0.0302. The second-order valence-electron chi connectivity index (χ2n) is 8.27. The molecule has 5 heteroatoms. The van der Waals surface area contributed by atoms with Gasteiger partial charge in [-0.25, -0.2) is 4.98 Å².